The molecule has 284 valence electrons. The summed E-state index contributed by atoms with van der Waals surface area (Å²) in [4.78, 5) is 43.0. The van der Waals surface area contributed by atoms with Crippen molar-refractivity contribution in [2.75, 3.05) is 11.4 Å². The van der Waals surface area contributed by atoms with Gasteiger partial charge in [0.1, 0.15) is 29.7 Å². The van der Waals surface area contributed by atoms with Crippen LogP contribution in [0.3, 0.4) is 0 Å². The molecule has 0 saturated heterocycles. The summed E-state index contributed by atoms with van der Waals surface area (Å²) < 4.78 is 42.6. The van der Waals surface area contributed by atoms with Gasteiger partial charge >= 0.3 is 18.6 Å². The van der Waals surface area contributed by atoms with E-state index in [1.165, 1.54) is 22.8 Å². The van der Waals surface area contributed by atoms with E-state index in [0.717, 1.165) is 11.1 Å². The number of hydrogen-bond acceptors (Lipinski definition) is 6. The predicted molar refractivity (Wildman–Crippen MR) is 202 cm³/mol. The number of benzene rings is 3. The Morgan fingerprint density at radius 2 is 1.64 bits per heavy atom. The third kappa shape index (κ3) is 7.80. The molecule has 1 aliphatic rings. The van der Waals surface area contributed by atoms with E-state index in [1.54, 1.807) is 75.7 Å². The van der Waals surface area contributed by atoms with Crippen LogP contribution in [0.4, 0.5) is 25.0 Å². The molecule has 3 aromatic carbocycles. The first kappa shape index (κ1) is 38.3. The molecule has 0 atom stereocenters. The second-order valence-corrected chi connectivity index (χ2v) is 14.4. The van der Waals surface area contributed by atoms with E-state index in [1.807, 2.05) is 42.5 Å². The maximum Gasteiger partial charge on any atom is 0.407 e. The smallest absolute Gasteiger partial charge is 0.407 e. The molecule has 13 heteroatoms. The number of nitrogens with zero attached hydrogens (tertiary/aromatic N) is 5. The van der Waals surface area contributed by atoms with Crippen LogP contribution in [0.5, 0.6) is 5.75 Å². The van der Waals surface area contributed by atoms with Crippen molar-refractivity contribution >= 4 is 29.3 Å². The number of aromatic nitrogens is 2. The van der Waals surface area contributed by atoms with Gasteiger partial charge in [-0.2, -0.15) is 14.0 Å². The molecule has 55 heavy (non-hydrogen) atoms. The van der Waals surface area contributed by atoms with Gasteiger partial charge < -0.3 is 24.0 Å². The number of carbonyl (C=O) groups excluding carboxylic acids is 2. The largest absolute Gasteiger partial charge is 0.489 e. The second kappa shape index (κ2) is 15.1. The molecule has 0 aliphatic carbocycles. The summed E-state index contributed by atoms with van der Waals surface area (Å²) in [6, 6.07) is 24.5. The molecule has 3 heterocycles. The van der Waals surface area contributed by atoms with E-state index in [9.17, 15) is 33.5 Å². The maximum absolute atomic E-state index is 14.9. The molecule has 11 nitrogen and oxygen atoms in total. The Morgan fingerprint density at radius 1 is 0.945 bits per heavy atom. The maximum atomic E-state index is 14.9. The predicted octanol–water partition coefficient (Wildman–Crippen LogP) is 8.93. The van der Waals surface area contributed by atoms with E-state index >= 15 is 0 Å². The summed E-state index contributed by atoms with van der Waals surface area (Å²) in [5.41, 5.74) is 3.72. The SMILES string of the molecule is Cc1c(C(=O)N(c2ccc(OCc3ccccc3)cc2)c2cc(C#N)n(C(F)F)c2C)cc(-c2cc3c(cc2C(=O)OC(C)(C)C)CN(C(=O)O)CC3)n1C. The summed E-state index contributed by atoms with van der Waals surface area (Å²) in [7, 11) is 1.75. The van der Waals surface area contributed by atoms with Crippen molar-refractivity contribution in [1.82, 2.24) is 14.0 Å². The third-order valence-electron chi connectivity index (χ3n) is 9.65. The van der Waals surface area contributed by atoms with Crippen molar-refractivity contribution in [2.45, 2.75) is 66.3 Å². The number of anilines is 2. The highest BCUT2D eigenvalue weighted by Gasteiger charge is 2.32. The molecular weight excluding hydrogens is 708 g/mol. The van der Waals surface area contributed by atoms with Crippen LogP contribution in [-0.2, 0) is 31.4 Å². The molecule has 0 spiro atoms. The minimum Gasteiger partial charge on any atom is -0.489 e. The molecule has 0 saturated carbocycles. The number of hydrogen-bond donors (Lipinski definition) is 1. The van der Waals surface area contributed by atoms with Gasteiger partial charge in [0.05, 0.1) is 16.8 Å². The summed E-state index contributed by atoms with van der Waals surface area (Å²) in [5, 5.41) is 19.4. The molecule has 1 aliphatic heterocycles. The van der Waals surface area contributed by atoms with Gasteiger partial charge in [0, 0.05) is 48.5 Å². The van der Waals surface area contributed by atoms with Gasteiger partial charge in [0.15, 0.2) is 0 Å². The van der Waals surface area contributed by atoms with Crippen molar-refractivity contribution in [3.63, 3.8) is 0 Å². The molecule has 0 fully saturated rings. The number of carboxylic acid groups (broad SMARTS) is 1. The summed E-state index contributed by atoms with van der Waals surface area (Å²) in [5.74, 6) is -0.662. The minimum absolute atomic E-state index is 0.00964. The van der Waals surface area contributed by atoms with Gasteiger partial charge in [-0.1, -0.05) is 30.3 Å². The lowest BCUT2D eigenvalue weighted by molar-refractivity contribution is 0.00699. The Morgan fingerprint density at radius 3 is 2.24 bits per heavy atom. The second-order valence-electron chi connectivity index (χ2n) is 14.4. The lowest BCUT2D eigenvalue weighted by Gasteiger charge is -2.28. The van der Waals surface area contributed by atoms with Crippen molar-refractivity contribution < 1.29 is 37.7 Å². The van der Waals surface area contributed by atoms with Crippen LogP contribution in [0.25, 0.3) is 11.3 Å². The average Bonchev–Trinajstić information content (AvgIpc) is 3.64. The number of halogens is 2. The van der Waals surface area contributed by atoms with Gasteiger partial charge in [-0.15, -0.1) is 0 Å². The highest BCUT2D eigenvalue weighted by Crippen LogP contribution is 2.39. The van der Waals surface area contributed by atoms with Crippen LogP contribution in [0, 0.1) is 25.2 Å². The zero-order valence-electron chi connectivity index (χ0n) is 31.4. The first-order chi connectivity index (χ1) is 26.1. The molecule has 5 aromatic rings. The van der Waals surface area contributed by atoms with E-state index in [0.29, 0.717) is 51.5 Å². The highest BCUT2D eigenvalue weighted by atomic mass is 19.3. The van der Waals surface area contributed by atoms with Crippen molar-refractivity contribution in [1.29, 1.82) is 5.26 Å². The Bertz CT molecular complexity index is 2320. The number of amides is 2. The fourth-order valence-electron chi connectivity index (χ4n) is 6.75. The Balaban J connectivity index is 1.45. The lowest BCUT2D eigenvalue weighted by Crippen LogP contribution is -2.35. The lowest BCUT2D eigenvalue weighted by atomic mass is 9.92. The fraction of sp³-hybridized carbons (Fsp3) is 0.286. The number of carbonyl (C=O) groups is 3. The Labute approximate surface area is 317 Å². The number of esters is 1. The normalized spacial score (nSPS) is 12.6. The van der Waals surface area contributed by atoms with Crippen LogP contribution in [0.15, 0.2) is 78.9 Å². The molecular formula is C42H41F2N5O6. The Hall–Kier alpha value is -6.42. The first-order valence-corrected chi connectivity index (χ1v) is 17.6. The van der Waals surface area contributed by atoms with Gasteiger partial charge in [0.25, 0.3) is 5.91 Å². The van der Waals surface area contributed by atoms with Gasteiger partial charge in [-0.05, 0) is 106 Å². The molecule has 2 amide bonds. The zero-order valence-corrected chi connectivity index (χ0v) is 31.4. The number of nitriles is 1. The minimum atomic E-state index is -3.03. The van der Waals surface area contributed by atoms with Gasteiger partial charge in [-0.3, -0.25) is 14.3 Å². The van der Waals surface area contributed by atoms with Crippen LogP contribution in [0.1, 0.15) is 81.8 Å². The quantitative estimate of drug-likeness (QED) is 0.149. The van der Waals surface area contributed by atoms with Crippen LogP contribution in [0.2, 0.25) is 0 Å². The molecule has 0 unspecified atom stereocenters. The highest BCUT2D eigenvalue weighted by molar-refractivity contribution is 6.13. The van der Waals surface area contributed by atoms with Gasteiger partial charge in [-0.25, -0.2) is 9.59 Å². The summed E-state index contributed by atoms with van der Waals surface area (Å²) in [6.07, 6.45) is -0.645. The molecule has 2 aromatic heterocycles. The van der Waals surface area contributed by atoms with Crippen LogP contribution < -0.4 is 9.64 Å². The van der Waals surface area contributed by atoms with E-state index in [4.69, 9.17) is 9.47 Å². The number of alkyl halides is 2. The van der Waals surface area contributed by atoms with Crippen LogP contribution >= 0.6 is 0 Å². The molecule has 0 radical (unpaired) electrons. The number of fused-ring (bicyclic) bond motifs is 1. The number of ether oxygens (including phenoxy) is 2. The summed E-state index contributed by atoms with van der Waals surface area (Å²) >= 11 is 0. The van der Waals surface area contributed by atoms with Crippen molar-refractivity contribution in [2.24, 2.45) is 7.05 Å². The standard InChI is InChI=1S/C42H41F2N5O6/c1-25-33(21-37(46(25)6)34-18-28-16-17-47(41(52)53)23-29(28)19-35(34)39(51)55-42(3,4)5)38(50)49(36-20-31(22-45)48(26(36)2)40(43)44)30-12-14-32(15-13-30)54-24-27-10-8-7-9-11-27/h7-15,18-21,40H,16-17,23-24H2,1-6H3,(H,52,53). The zero-order chi connectivity index (χ0) is 39.8. The average molecular weight is 750 g/mol. The number of rotatable bonds is 9. The molecule has 0 bridgehead atoms. The monoisotopic (exact) mass is 749 g/mol. The topological polar surface area (TPSA) is 130 Å². The van der Waals surface area contributed by atoms with Crippen molar-refractivity contribution in [3.8, 4) is 23.1 Å². The molecule has 6 rings (SSSR count). The van der Waals surface area contributed by atoms with Crippen LogP contribution in [-0.4, -0.2) is 49.3 Å². The first-order valence-electron chi connectivity index (χ1n) is 17.6. The van der Waals surface area contributed by atoms with E-state index < -0.39 is 30.1 Å². The molecule has 1 N–H and O–H groups in total. The Kier molecular flexibility index (Phi) is 10.5. The summed E-state index contributed by atoms with van der Waals surface area (Å²) in [6.45, 7) is 6.06. The third-order valence-corrected chi connectivity index (χ3v) is 9.65. The van der Waals surface area contributed by atoms with E-state index in [-0.39, 0.29) is 41.3 Å². The van der Waals surface area contributed by atoms with Gasteiger partial charge in [0.2, 0.25) is 0 Å². The van der Waals surface area contributed by atoms with Crippen molar-refractivity contribution in [3.05, 3.63) is 124 Å². The van der Waals surface area contributed by atoms with E-state index in [2.05, 4.69) is 0 Å². The fourth-order valence-corrected chi connectivity index (χ4v) is 6.75.